The second kappa shape index (κ2) is 8.56. The van der Waals surface area contributed by atoms with Crippen LogP contribution < -0.4 is 5.32 Å². The van der Waals surface area contributed by atoms with E-state index in [1.54, 1.807) is 42.5 Å². The summed E-state index contributed by atoms with van der Waals surface area (Å²) in [5.41, 5.74) is 1.57. The van der Waals surface area contributed by atoms with Crippen LogP contribution in [-0.2, 0) is 4.79 Å². The first-order chi connectivity index (χ1) is 12.9. The normalized spacial score (nSPS) is 10.6. The quantitative estimate of drug-likeness (QED) is 0.446. The lowest BCUT2D eigenvalue weighted by atomic mass is 10.1. The number of Topliss-reactive ketones (excluding diaryl/α,β-unsaturated/α-hetero) is 1. The number of anilines is 1. The van der Waals surface area contributed by atoms with Crippen molar-refractivity contribution in [3.05, 3.63) is 58.1 Å². The Morgan fingerprint density at radius 2 is 1.85 bits per heavy atom. The molecule has 1 heterocycles. The van der Waals surface area contributed by atoms with Crippen LogP contribution in [0.4, 0.5) is 5.69 Å². The second-order valence-corrected chi connectivity index (χ2v) is 7.24. The van der Waals surface area contributed by atoms with Crippen LogP contribution in [0.5, 0.6) is 0 Å². The zero-order valence-corrected chi connectivity index (χ0v) is 16.4. The van der Waals surface area contributed by atoms with Crippen molar-refractivity contribution in [2.24, 2.45) is 0 Å². The van der Waals surface area contributed by atoms with Crippen molar-refractivity contribution in [3.8, 4) is 11.5 Å². The van der Waals surface area contributed by atoms with Gasteiger partial charge in [-0.3, -0.25) is 9.59 Å². The molecule has 3 rings (SSSR count). The lowest BCUT2D eigenvalue weighted by Crippen LogP contribution is -2.14. The summed E-state index contributed by atoms with van der Waals surface area (Å²) in [6.07, 6.45) is 0. The molecule has 138 valence electrons. The number of carbonyl (C=O) groups is 2. The minimum Gasteiger partial charge on any atom is -0.411 e. The van der Waals surface area contributed by atoms with E-state index < -0.39 is 0 Å². The number of rotatable bonds is 6. The number of halogens is 2. The summed E-state index contributed by atoms with van der Waals surface area (Å²) in [5.74, 6) is -0.0409. The Balaban J connectivity index is 1.61. The Morgan fingerprint density at radius 1 is 1.11 bits per heavy atom. The van der Waals surface area contributed by atoms with Gasteiger partial charge < -0.3 is 9.73 Å². The molecule has 0 aliphatic rings. The third-order valence-electron chi connectivity index (χ3n) is 3.47. The van der Waals surface area contributed by atoms with Crippen molar-refractivity contribution in [2.75, 3.05) is 11.1 Å². The van der Waals surface area contributed by atoms with Crippen molar-refractivity contribution in [1.29, 1.82) is 0 Å². The number of hydrogen-bond acceptors (Lipinski definition) is 6. The Kier molecular flexibility index (Phi) is 6.15. The molecule has 2 aromatic carbocycles. The lowest BCUT2D eigenvalue weighted by molar-refractivity contribution is -0.113. The molecule has 0 fully saturated rings. The van der Waals surface area contributed by atoms with Gasteiger partial charge in [0.1, 0.15) is 0 Å². The van der Waals surface area contributed by atoms with Gasteiger partial charge in [-0.05, 0) is 49.4 Å². The summed E-state index contributed by atoms with van der Waals surface area (Å²) in [7, 11) is 0. The highest BCUT2D eigenvalue weighted by atomic mass is 35.5. The van der Waals surface area contributed by atoms with Gasteiger partial charge in [-0.25, -0.2) is 0 Å². The number of carbonyl (C=O) groups excluding carboxylic acids is 2. The summed E-state index contributed by atoms with van der Waals surface area (Å²) in [4.78, 5) is 23.6. The van der Waals surface area contributed by atoms with E-state index in [9.17, 15) is 9.59 Å². The van der Waals surface area contributed by atoms with E-state index in [0.717, 1.165) is 17.3 Å². The molecule has 1 amide bonds. The predicted octanol–water partition coefficient (Wildman–Crippen LogP) is 4.98. The number of hydrogen-bond donors (Lipinski definition) is 1. The van der Waals surface area contributed by atoms with E-state index in [4.69, 9.17) is 27.6 Å². The highest BCUT2D eigenvalue weighted by Crippen LogP contribution is 2.26. The molecule has 1 aromatic heterocycles. The third-order valence-corrected chi connectivity index (χ3v) is 4.87. The second-order valence-electron chi connectivity index (χ2n) is 5.47. The van der Waals surface area contributed by atoms with Gasteiger partial charge in [0.05, 0.1) is 16.5 Å². The number of nitrogens with one attached hydrogen (secondary N) is 1. The molecule has 0 atom stereocenters. The standard InChI is InChI=1S/C18H13Cl2N3O3S/c1-10(24)12-4-7-14(20)15(8-12)21-16(25)9-27-18-23-22-17(26-18)11-2-5-13(19)6-3-11/h2-8H,9H2,1H3,(H,21,25). The number of thioether (sulfide) groups is 1. The molecule has 27 heavy (non-hydrogen) atoms. The van der Waals surface area contributed by atoms with Crippen LogP contribution in [0.1, 0.15) is 17.3 Å². The Labute approximate surface area is 169 Å². The van der Waals surface area contributed by atoms with Gasteiger partial charge in [0.25, 0.3) is 5.22 Å². The molecule has 0 saturated heterocycles. The van der Waals surface area contributed by atoms with E-state index in [0.29, 0.717) is 27.2 Å². The summed E-state index contributed by atoms with van der Waals surface area (Å²) in [5, 5.41) is 11.8. The van der Waals surface area contributed by atoms with Crippen LogP contribution in [0.15, 0.2) is 52.1 Å². The van der Waals surface area contributed by atoms with Crippen LogP contribution in [-0.4, -0.2) is 27.6 Å². The first-order valence-electron chi connectivity index (χ1n) is 7.75. The molecule has 0 saturated carbocycles. The van der Waals surface area contributed by atoms with Crippen molar-refractivity contribution < 1.29 is 14.0 Å². The minimum absolute atomic E-state index is 0.0445. The van der Waals surface area contributed by atoms with Crippen LogP contribution in [0.2, 0.25) is 10.0 Å². The summed E-state index contributed by atoms with van der Waals surface area (Å²) >= 11 is 13.0. The van der Waals surface area contributed by atoms with Crippen molar-refractivity contribution >= 4 is 52.3 Å². The van der Waals surface area contributed by atoms with E-state index in [1.165, 1.54) is 6.92 Å². The summed E-state index contributed by atoms with van der Waals surface area (Å²) in [6, 6.07) is 11.7. The molecule has 1 N–H and O–H groups in total. The molecular weight excluding hydrogens is 409 g/mol. The largest absolute Gasteiger partial charge is 0.411 e. The summed E-state index contributed by atoms with van der Waals surface area (Å²) in [6.45, 7) is 1.44. The summed E-state index contributed by atoms with van der Waals surface area (Å²) < 4.78 is 5.53. The Bertz CT molecular complexity index is 990. The van der Waals surface area contributed by atoms with Gasteiger partial charge in [0, 0.05) is 16.1 Å². The number of nitrogens with zero attached hydrogens (tertiary/aromatic N) is 2. The van der Waals surface area contributed by atoms with Crippen LogP contribution in [0, 0.1) is 0 Å². The third kappa shape index (κ3) is 5.09. The molecule has 3 aromatic rings. The van der Waals surface area contributed by atoms with Gasteiger partial charge in [-0.1, -0.05) is 35.0 Å². The van der Waals surface area contributed by atoms with Crippen LogP contribution in [0.25, 0.3) is 11.5 Å². The van der Waals surface area contributed by atoms with Gasteiger partial charge in [-0.15, -0.1) is 10.2 Å². The predicted molar refractivity (Wildman–Crippen MR) is 106 cm³/mol. The molecule has 0 aliphatic carbocycles. The van der Waals surface area contributed by atoms with Crippen molar-refractivity contribution in [2.45, 2.75) is 12.1 Å². The fraction of sp³-hybridized carbons (Fsp3) is 0.111. The molecule has 0 unspecified atom stereocenters. The highest BCUT2D eigenvalue weighted by Gasteiger charge is 2.13. The Morgan fingerprint density at radius 3 is 2.56 bits per heavy atom. The molecule has 0 spiro atoms. The fourth-order valence-corrected chi connectivity index (χ4v) is 2.98. The highest BCUT2D eigenvalue weighted by molar-refractivity contribution is 7.99. The molecule has 0 aliphatic heterocycles. The first kappa shape index (κ1) is 19.4. The van der Waals surface area contributed by atoms with Gasteiger partial charge in [0.15, 0.2) is 5.78 Å². The maximum atomic E-state index is 12.2. The van der Waals surface area contributed by atoms with Crippen LogP contribution in [0.3, 0.4) is 0 Å². The molecular formula is C18H13Cl2N3O3S. The zero-order chi connectivity index (χ0) is 19.4. The average Bonchev–Trinajstić information content (AvgIpc) is 3.11. The minimum atomic E-state index is -0.311. The smallest absolute Gasteiger partial charge is 0.277 e. The number of amides is 1. The molecule has 0 bridgehead atoms. The Hall–Kier alpha value is -2.35. The van der Waals surface area contributed by atoms with E-state index in [-0.39, 0.29) is 22.7 Å². The number of aromatic nitrogens is 2. The lowest BCUT2D eigenvalue weighted by Gasteiger charge is -2.07. The number of ketones is 1. The van der Waals surface area contributed by atoms with Crippen molar-refractivity contribution in [1.82, 2.24) is 10.2 Å². The van der Waals surface area contributed by atoms with Gasteiger partial charge in [-0.2, -0.15) is 0 Å². The SMILES string of the molecule is CC(=O)c1ccc(Cl)c(NC(=O)CSc2nnc(-c3ccc(Cl)cc3)o2)c1. The topological polar surface area (TPSA) is 85.1 Å². The molecule has 9 heteroatoms. The van der Waals surface area contributed by atoms with Crippen LogP contribution >= 0.6 is 35.0 Å². The van der Waals surface area contributed by atoms with E-state index in [2.05, 4.69) is 15.5 Å². The maximum Gasteiger partial charge on any atom is 0.277 e. The van der Waals surface area contributed by atoms with E-state index >= 15 is 0 Å². The van der Waals surface area contributed by atoms with E-state index in [1.807, 2.05) is 0 Å². The molecule has 0 radical (unpaired) electrons. The molecule has 6 nitrogen and oxygen atoms in total. The van der Waals surface area contributed by atoms with Crippen molar-refractivity contribution in [3.63, 3.8) is 0 Å². The van der Waals surface area contributed by atoms with Gasteiger partial charge in [0.2, 0.25) is 11.8 Å². The number of benzene rings is 2. The fourth-order valence-electron chi connectivity index (χ4n) is 2.13. The first-order valence-corrected chi connectivity index (χ1v) is 9.49. The van der Waals surface area contributed by atoms with Gasteiger partial charge >= 0.3 is 0 Å². The average molecular weight is 422 g/mol. The maximum absolute atomic E-state index is 12.2. The monoisotopic (exact) mass is 421 g/mol. The zero-order valence-electron chi connectivity index (χ0n) is 14.0.